The van der Waals surface area contributed by atoms with Crippen molar-refractivity contribution >= 4 is 0 Å². The fourth-order valence-corrected chi connectivity index (χ4v) is 2.27. The number of hydrogen-bond donors (Lipinski definition) is 1. The van der Waals surface area contributed by atoms with Crippen molar-refractivity contribution in [3.63, 3.8) is 0 Å². The maximum absolute atomic E-state index is 12.1. The van der Waals surface area contributed by atoms with Crippen molar-refractivity contribution in [2.24, 2.45) is 0 Å². The minimum Gasteiger partial charge on any atom is -0.312 e. The molecule has 5 nitrogen and oxygen atoms in total. The first kappa shape index (κ1) is 12.1. The van der Waals surface area contributed by atoms with Crippen LogP contribution in [-0.4, -0.2) is 21.7 Å². The zero-order chi connectivity index (χ0) is 12.3. The molecule has 0 bridgehead atoms. The average Bonchev–Trinajstić information content (AvgIpc) is 2.81. The van der Waals surface area contributed by atoms with E-state index in [1.807, 2.05) is 6.92 Å². The Balaban J connectivity index is 2.27. The van der Waals surface area contributed by atoms with Crippen LogP contribution >= 0.6 is 0 Å². The molecule has 2 heterocycles. The average molecular weight is 237 g/mol. The summed E-state index contributed by atoms with van der Waals surface area (Å²) in [4.78, 5) is 23.8. The molecule has 0 radical (unpaired) electrons. The van der Waals surface area contributed by atoms with Gasteiger partial charge in [0.1, 0.15) is 0 Å². The Morgan fingerprint density at radius 1 is 1.47 bits per heavy atom. The molecule has 5 heteroatoms. The van der Waals surface area contributed by atoms with E-state index in [2.05, 4.69) is 5.32 Å². The lowest BCUT2D eigenvalue weighted by atomic mass is 10.2. The molecule has 1 atom stereocenters. The molecule has 94 valence electrons. The molecule has 1 saturated heterocycles. The van der Waals surface area contributed by atoms with Gasteiger partial charge in [0.25, 0.3) is 5.56 Å². The first-order chi connectivity index (χ1) is 8.22. The highest BCUT2D eigenvalue weighted by Gasteiger charge is 2.16. The van der Waals surface area contributed by atoms with Gasteiger partial charge in [0.05, 0.1) is 0 Å². The molecule has 0 unspecified atom stereocenters. The third-order valence-electron chi connectivity index (χ3n) is 3.17. The maximum Gasteiger partial charge on any atom is 0.331 e. The first-order valence-corrected chi connectivity index (χ1v) is 6.26. The molecule has 1 N–H and O–H groups in total. The van der Waals surface area contributed by atoms with Gasteiger partial charge < -0.3 is 9.88 Å². The van der Waals surface area contributed by atoms with Gasteiger partial charge in [0.15, 0.2) is 0 Å². The summed E-state index contributed by atoms with van der Waals surface area (Å²) in [7, 11) is 0. The summed E-state index contributed by atoms with van der Waals surface area (Å²) in [6.45, 7) is 4.15. The van der Waals surface area contributed by atoms with Gasteiger partial charge in [-0.3, -0.25) is 9.36 Å². The van der Waals surface area contributed by atoms with Crippen LogP contribution in [0, 0.1) is 0 Å². The van der Waals surface area contributed by atoms with Gasteiger partial charge in [-0.1, -0.05) is 6.92 Å². The molecular formula is C12H19N3O2. The number of nitrogens with one attached hydrogen (secondary N) is 1. The molecule has 1 aromatic heterocycles. The summed E-state index contributed by atoms with van der Waals surface area (Å²) in [5, 5.41) is 3.30. The van der Waals surface area contributed by atoms with E-state index in [1.54, 1.807) is 10.8 Å². The van der Waals surface area contributed by atoms with Gasteiger partial charge in [0, 0.05) is 31.4 Å². The molecule has 1 aliphatic heterocycles. The van der Waals surface area contributed by atoms with E-state index < -0.39 is 0 Å². The van der Waals surface area contributed by atoms with E-state index in [0.29, 0.717) is 13.1 Å². The zero-order valence-corrected chi connectivity index (χ0v) is 10.2. The number of hydrogen-bond acceptors (Lipinski definition) is 3. The third-order valence-corrected chi connectivity index (χ3v) is 3.17. The lowest BCUT2D eigenvalue weighted by Gasteiger charge is -2.13. The molecule has 0 aromatic carbocycles. The van der Waals surface area contributed by atoms with Gasteiger partial charge in [-0.05, 0) is 25.8 Å². The molecule has 0 spiro atoms. The Kier molecular flexibility index (Phi) is 3.78. The Bertz CT molecular complexity index is 483. The van der Waals surface area contributed by atoms with E-state index in [4.69, 9.17) is 0 Å². The highest BCUT2D eigenvalue weighted by molar-refractivity contribution is 4.88. The molecule has 2 rings (SSSR count). The van der Waals surface area contributed by atoms with Crippen LogP contribution < -0.4 is 16.6 Å². The largest absolute Gasteiger partial charge is 0.331 e. The second-order valence-corrected chi connectivity index (χ2v) is 4.53. The highest BCUT2D eigenvalue weighted by atomic mass is 16.2. The fourth-order valence-electron chi connectivity index (χ4n) is 2.27. The Hall–Kier alpha value is -1.36. The topological polar surface area (TPSA) is 56.0 Å². The lowest BCUT2D eigenvalue weighted by molar-refractivity contribution is 0.462. The monoisotopic (exact) mass is 237 g/mol. The summed E-state index contributed by atoms with van der Waals surface area (Å²) in [6.07, 6.45) is 4.64. The van der Waals surface area contributed by atoms with Gasteiger partial charge in [-0.25, -0.2) is 4.79 Å². The van der Waals surface area contributed by atoms with Gasteiger partial charge in [-0.15, -0.1) is 0 Å². The molecule has 0 saturated carbocycles. The highest BCUT2D eigenvalue weighted by Crippen LogP contribution is 2.05. The van der Waals surface area contributed by atoms with Crippen LogP contribution in [0.2, 0.25) is 0 Å². The quantitative estimate of drug-likeness (QED) is 0.812. The summed E-state index contributed by atoms with van der Waals surface area (Å²) in [6, 6.07) is 1.74. The number of rotatable bonds is 4. The SMILES string of the molecule is CCCn1ccc(=O)n(C[C@H]2CCCN2)c1=O. The summed E-state index contributed by atoms with van der Waals surface area (Å²) in [5.74, 6) is 0. The van der Waals surface area contributed by atoms with Crippen molar-refractivity contribution in [3.05, 3.63) is 33.1 Å². The molecule has 17 heavy (non-hydrogen) atoms. The maximum atomic E-state index is 12.1. The number of nitrogens with zero attached hydrogens (tertiary/aromatic N) is 2. The normalized spacial score (nSPS) is 19.7. The van der Waals surface area contributed by atoms with E-state index in [0.717, 1.165) is 25.8 Å². The van der Waals surface area contributed by atoms with Crippen molar-refractivity contribution in [1.29, 1.82) is 0 Å². The van der Waals surface area contributed by atoms with E-state index in [1.165, 1.54) is 10.6 Å². The van der Waals surface area contributed by atoms with E-state index >= 15 is 0 Å². The van der Waals surface area contributed by atoms with Crippen LogP contribution in [0.3, 0.4) is 0 Å². The minimum absolute atomic E-state index is 0.187. The van der Waals surface area contributed by atoms with Crippen molar-refractivity contribution in [2.45, 2.75) is 45.3 Å². The smallest absolute Gasteiger partial charge is 0.312 e. The summed E-state index contributed by atoms with van der Waals surface area (Å²) < 4.78 is 2.95. The van der Waals surface area contributed by atoms with Crippen molar-refractivity contribution < 1.29 is 0 Å². The third kappa shape index (κ3) is 2.66. The van der Waals surface area contributed by atoms with E-state index in [9.17, 15) is 9.59 Å². The first-order valence-electron chi connectivity index (χ1n) is 6.26. The number of aryl methyl sites for hydroxylation is 1. The zero-order valence-electron chi connectivity index (χ0n) is 10.2. The van der Waals surface area contributed by atoms with Crippen LogP contribution in [0.25, 0.3) is 0 Å². The molecule has 1 aliphatic rings. The summed E-state index contributed by atoms with van der Waals surface area (Å²) >= 11 is 0. The van der Waals surface area contributed by atoms with E-state index in [-0.39, 0.29) is 17.3 Å². The molecule has 0 amide bonds. The molecule has 1 fully saturated rings. The standard InChI is InChI=1S/C12H19N3O2/c1-2-7-14-8-5-11(16)15(12(14)17)9-10-4-3-6-13-10/h5,8,10,13H,2-4,6-7,9H2,1H3/t10-/m1/s1. The van der Waals surface area contributed by atoms with Crippen molar-refractivity contribution in [1.82, 2.24) is 14.5 Å². The predicted molar refractivity (Wildman–Crippen MR) is 66.3 cm³/mol. The van der Waals surface area contributed by atoms with Crippen LogP contribution in [0.1, 0.15) is 26.2 Å². The number of aromatic nitrogens is 2. The lowest BCUT2D eigenvalue weighted by Crippen LogP contribution is -2.43. The summed E-state index contributed by atoms with van der Waals surface area (Å²) in [5.41, 5.74) is -0.385. The second-order valence-electron chi connectivity index (χ2n) is 4.53. The van der Waals surface area contributed by atoms with Crippen molar-refractivity contribution in [2.75, 3.05) is 6.54 Å². The molecule has 0 aliphatic carbocycles. The fraction of sp³-hybridized carbons (Fsp3) is 0.667. The molecular weight excluding hydrogens is 218 g/mol. The van der Waals surface area contributed by atoms with Crippen LogP contribution in [0.15, 0.2) is 21.9 Å². The Morgan fingerprint density at radius 3 is 2.94 bits per heavy atom. The Morgan fingerprint density at radius 2 is 2.29 bits per heavy atom. The van der Waals surface area contributed by atoms with Crippen molar-refractivity contribution in [3.8, 4) is 0 Å². The van der Waals surface area contributed by atoms with Crippen LogP contribution in [0.4, 0.5) is 0 Å². The van der Waals surface area contributed by atoms with Gasteiger partial charge >= 0.3 is 5.69 Å². The molecule has 1 aromatic rings. The van der Waals surface area contributed by atoms with Crippen LogP contribution in [0.5, 0.6) is 0 Å². The Labute approximate surface area is 100 Å². The second kappa shape index (κ2) is 5.31. The predicted octanol–water partition coefficient (Wildman–Crippen LogP) is 0.172. The van der Waals surface area contributed by atoms with Crippen LogP contribution in [-0.2, 0) is 13.1 Å². The van der Waals surface area contributed by atoms with Gasteiger partial charge in [-0.2, -0.15) is 0 Å². The minimum atomic E-state index is -0.198. The van der Waals surface area contributed by atoms with Gasteiger partial charge in [0.2, 0.25) is 0 Å².